The fourth-order valence-corrected chi connectivity index (χ4v) is 5.50. The van der Waals surface area contributed by atoms with Crippen LogP contribution >= 0.6 is 0 Å². The molecule has 0 spiro atoms. The molecule has 33 heavy (non-hydrogen) atoms. The molecule has 1 aromatic carbocycles. The second-order valence-electron chi connectivity index (χ2n) is 9.39. The Balaban J connectivity index is 1.97. The number of hydrogen-bond acceptors (Lipinski definition) is 6. The van der Waals surface area contributed by atoms with Gasteiger partial charge >= 0.3 is 6.09 Å². The molecule has 1 aliphatic rings. The number of amides is 1. The average Bonchev–Trinajstić information content (AvgIpc) is 3.38. The summed E-state index contributed by atoms with van der Waals surface area (Å²) in [5.41, 5.74) is 0.268. The Morgan fingerprint density at radius 1 is 1.21 bits per heavy atom. The van der Waals surface area contributed by atoms with Gasteiger partial charge in [0.2, 0.25) is 0 Å². The van der Waals surface area contributed by atoms with Gasteiger partial charge in [0.15, 0.2) is 5.03 Å². The quantitative estimate of drug-likeness (QED) is 0.585. The minimum Gasteiger partial charge on any atom is -0.444 e. The topological polar surface area (TPSA) is 105 Å². The molecular formula is C23H34N4O5S. The van der Waals surface area contributed by atoms with E-state index in [0.717, 1.165) is 5.56 Å². The van der Waals surface area contributed by atoms with Gasteiger partial charge in [-0.15, -0.1) is 0 Å². The van der Waals surface area contributed by atoms with Crippen LogP contribution < -0.4 is 0 Å². The van der Waals surface area contributed by atoms with Crippen molar-refractivity contribution in [1.82, 2.24) is 18.8 Å². The molecule has 0 unspecified atom stereocenters. The first kappa shape index (κ1) is 25.2. The van der Waals surface area contributed by atoms with Gasteiger partial charge in [0.05, 0.1) is 12.4 Å². The first-order chi connectivity index (χ1) is 15.5. The van der Waals surface area contributed by atoms with E-state index in [1.807, 2.05) is 30.3 Å². The summed E-state index contributed by atoms with van der Waals surface area (Å²) in [4.78, 5) is 18.9. The van der Waals surface area contributed by atoms with Crippen LogP contribution in [-0.2, 0) is 21.8 Å². The Kier molecular flexibility index (Phi) is 7.81. The molecule has 1 saturated heterocycles. The zero-order valence-electron chi connectivity index (χ0n) is 19.7. The Hall–Kier alpha value is -2.43. The van der Waals surface area contributed by atoms with E-state index in [4.69, 9.17) is 4.74 Å². The molecule has 0 radical (unpaired) electrons. The number of aliphatic hydroxyl groups is 1. The van der Waals surface area contributed by atoms with Gasteiger partial charge in [-0.1, -0.05) is 30.3 Å². The van der Waals surface area contributed by atoms with Gasteiger partial charge in [-0.05, 0) is 39.2 Å². The summed E-state index contributed by atoms with van der Waals surface area (Å²) in [5, 5.41) is 9.23. The van der Waals surface area contributed by atoms with Crippen molar-refractivity contribution in [1.29, 1.82) is 0 Å². The number of nitrogens with zero attached hydrogens (tertiary/aromatic N) is 4. The van der Waals surface area contributed by atoms with E-state index in [2.05, 4.69) is 4.98 Å². The zero-order chi connectivity index (χ0) is 24.2. The lowest BCUT2D eigenvalue weighted by molar-refractivity contribution is 0.0152. The second kappa shape index (κ2) is 10.2. The minimum absolute atomic E-state index is 0.0124. The number of carbonyl (C=O) groups is 1. The van der Waals surface area contributed by atoms with Crippen molar-refractivity contribution in [2.45, 2.75) is 56.2 Å². The van der Waals surface area contributed by atoms with Gasteiger partial charge in [0.25, 0.3) is 10.0 Å². The number of sulfonamides is 1. The molecule has 1 fully saturated rings. The van der Waals surface area contributed by atoms with E-state index in [-0.39, 0.29) is 30.6 Å². The number of imidazole rings is 1. The van der Waals surface area contributed by atoms with Crippen LogP contribution in [0.4, 0.5) is 4.79 Å². The van der Waals surface area contributed by atoms with E-state index < -0.39 is 27.8 Å². The van der Waals surface area contributed by atoms with E-state index in [9.17, 15) is 18.3 Å². The summed E-state index contributed by atoms with van der Waals surface area (Å²) in [5.74, 6) is -0.230. The van der Waals surface area contributed by atoms with Crippen molar-refractivity contribution >= 4 is 16.1 Å². The molecular weight excluding hydrogens is 444 g/mol. The Labute approximate surface area is 196 Å². The van der Waals surface area contributed by atoms with Crippen molar-refractivity contribution < 1.29 is 23.1 Å². The van der Waals surface area contributed by atoms with Gasteiger partial charge in [0, 0.05) is 45.4 Å². The molecule has 9 nitrogen and oxygen atoms in total. The number of unbranched alkanes of at least 4 members (excludes halogenated alkanes) is 1. The van der Waals surface area contributed by atoms with Crippen molar-refractivity contribution in [2.75, 3.05) is 26.2 Å². The van der Waals surface area contributed by atoms with Gasteiger partial charge in [0.1, 0.15) is 5.60 Å². The maximum absolute atomic E-state index is 13.3. The van der Waals surface area contributed by atoms with Crippen molar-refractivity contribution in [3.05, 3.63) is 48.4 Å². The van der Waals surface area contributed by atoms with Gasteiger partial charge < -0.3 is 19.3 Å². The molecule has 2 atom stereocenters. The molecule has 3 rings (SSSR count). The van der Waals surface area contributed by atoms with Gasteiger partial charge in [-0.3, -0.25) is 0 Å². The highest BCUT2D eigenvalue weighted by Crippen LogP contribution is 2.35. The van der Waals surface area contributed by atoms with E-state index >= 15 is 0 Å². The summed E-state index contributed by atoms with van der Waals surface area (Å²) in [6.07, 6.45) is 3.58. The predicted molar refractivity (Wildman–Crippen MR) is 124 cm³/mol. The molecule has 0 saturated carbocycles. The predicted octanol–water partition coefficient (Wildman–Crippen LogP) is 2.59. The highest BCUT2D eigenvalue weighted by atomic mass is 32.2. The summed E-state index contributed by atoms with van der Waals surface area (Å²) in [6, 6.07) is 9.21. The number of rotatable bonds is 8. The van der Waals surface area contributed by atoms with Crippen LogP contribution in [0.25, 0.3) is 0 Å². The number of aliphatic hydroxyl groups excluding tert-OH is 1. The molecule has 1 aliphatic heterocycles. The number of ether oxygens (including phenoxy) is 1. The summed E-state index contributed by atoms with van der Waals surface area (Å²) < 4.78 is 35.3. The molecule has 2 heterocycles. The third-order valence-corrected chi connectivity index (χ3v) is 7.32. The monoisotopic (exact) mass is 478 g/mol. The molecule has 10 heteroatoms. The third-order valence-electron chi connectivity index (χ3n) is 5.60. The molecule has 1 amide bonds. The van der Waals surface area contributed by atoms with Crippen LogP contribution in [0.1, 0.15) is 45.1 Å². The van der Waals surface area contributed by atoms with Gasteiger partial charge in [-0.2, -0.15) is 4.31 Å². The standard InChI is InChI=1S/C23H34N4O5S/c1-23(2,3)32-22(29)27(12-8-9-13-28)20-15-26(14-19(20)18-10-6-5-7-11-18)33(30,31)21-16-25(4)17-24-21/h5-7,10-11,16-17,19-20,28H,8-9,12-15H2,1-4H3/t19-,20+/m1/s1. The first-order valence-electron chi connectivity index (χ1n) is 11.2. The summed E-state index contributed by atoms with van der Waals surface area (Å²) in [6.45, 7) is 6.16. The Morgan fingerprint density at radius 2 is 1.91 bits per heavy atom. The van der Waals surface area contributed by atoms with Crippen molar-refractivity contribution in [2.24, 2.45) is 7.05 Å². The molecule has 0 bridgehead atoms. The van der Waals surface area contributed by atoms with E-state index in [0.29, 0.717) is 19.4 Å². The van der Waals surface area contributed by atoms with Crippen molar-refractivity contribution in [3.8, 4) is 0 Å². The summed E-state index contributed by atoms with van der Waals surface area (Å²) in [7, 11) is -2.11. The lowest BCUT2D eigenvalue weighted by Crippen LogP contribution is -2.47. The highest BCUT2D eigenvalue weighted by Gasteiger charge is 2.45. The lowest BCUT2D eigenvalue weighted by atomic mass is 9.93. The van der Waals surface area contributed by atoms with Crippen LogP contribution in [0.3, 0.4) is 0 Å². The fourth-order valence-electron chi connectivity index (χ4n) is 4.05. The lowest BCUT2D eigenvalue weighted by Gasteiger charge is -2.34. The number of benzene rings is 1. The maximum atomic E-state index is 13.3. The fraction of sp³-hybridized carbons (Fsp3) is 0.565. The number of carbonyl (C=O) groups excluding carboxylic acids is 1. The van der Waals surface area contributed by atoms with Crippen LogP contribution in [0, 0.1) is 0 Å². The molecule has 1 aromatic heterocycles. The third kappa shape index (κ3) is 6.13. The SMILES string of the molecule is Cn1cnc(S(=O)(=O)N2C[C@H](c3ccccc3)[C@@H](N(CCCCO)C(=O)OC(C)(C)C)C2)c1. The van der Waals surface area contributed by atoms with Crippen LogP contribution in [0.15, 0.2) is 47.9 Å². The second-order valence-corrected chi connectivity index (χ2v) is 11.3. The zero-order valence-corrected chi connectivity index (χ0v) is 20.5. The van der Waals surface area contributed by atoms with Crippen LogP contribution in [0.5, 0.6) is 0 Å². The van der Waals surface area contributed by atoms with Gasteiger partial charge in [-0.25, -0.2) is 18.2 Å². The minimum atomic E-state index is -3.83. The Morgan fingerprint density at radius 3 is 2.48 bits per heavy atom. The molecule has 1 N–H and O–H groups in total. The first-order valence-corrected chi connectivity index (χ1v) is 12.6. The van der Waals surface area contributed by atoms with E-state index in [1.54, 1.807) is 37.3 Å². The largest absolute Gasteiger partial charge is 0.444 e. The van der Waals surface area contributed by atoms with Crippen LogP contribution in [-0.4, -0.2) is 76.3 Å². The van der Waals surface area contributed by atoms with E-state index in [1.165, 1.54) is 16.8 Å². The Bertz CT molecular complexity index is 1030. The molecule has 182 valence electrons. The highest BCUT2D eigenvalue weighted by molar-refractivity contribution is 7.89. The molecule has 0 aliphatic carbocycles. The maximum Gasteiger partial charge on any atom is 0.410 e. The average molecular weight is 479 g/mol. The molecule has 2 aromatic rings. The number of hydrogen-bond donors (Lipinski definition) is 1. The number of aryl methyl sites for hydroxylation is 1. The smallest absolute Gasteiger partial charge is 0.410 e. The normalized spacial score (nSPS) is 19.5. The van der Waals surface area contributed by atoms with Crippen LogP contribution in [0.2, 0.25) is 0 Å². The summed E-state index contributed by atoms with van der Waals surface area (Å²) >= 11 is 0. The number of aromatic nitrogens is 2. The van der Waals surface area contributed by atoms with Crippen molar-refractivity contribution in [3.63, 3.8) is 0 Å².